The van der Waals surface area contributed by atoms with Crippen molar-refractivity contribution in [2.45, 2.75) is 13.0 Å². The van der Waals surface area contributed by atoms with E-state index in [1.807, 2.05) is 12.1 Å². The Hall–Kier alpha value is -0.860. The van der Waals surface area contributed by atoms with Gasteiger partial charge in [-0.15, -0.1) is 24.0 Å². The van der Waals surface area contributed by atoms with Gasteiger partial charge in [-0.3, -0.25) is 14.8 Å². The average Bonchev–Trinajstić information content (AvgIpc) is 2.49. The fourth-order valence-electron chi connectivity index (χ4n) is 2.93. The van der Waals surface area contributed by atoms with Gasteiger partial charge in [-0.2, -0.15) is 0 Å². The monoisotopic (exact) mass is 401 g/mol. The molecule has 3 N–H and O–H groups in total. The Morgan fingerprint density at radius 2 is 1.90 bits per heavy atom. The van der Waals surface area contributed by atoms with E-state index in [9.17, 15) is 0 Å². The lowest BCUT2D eigenvalue weighted by molar-refractivity contribution is 0.0174. The predicted molar refractivity (Wildman–Crippen MR) is 98.5 cm³/mol. The number of nitrogens with one attached hydrogen (secondary N) is 1. The molecule has 116 valence electrons. The Labute approximate surface area is 143 Å². The zero-order valence-electron chi connectivity index (χ0n) is 12.5. The Bertz CT molecular complexity index is 479. The first-order valence-electron chi connectivity index (χ1n) is 7.31. The highest BCUT2D eigenvalue weighted by molar-refractivity contribution is 14.0. The number of nitrogens with two attached hydrogens (primary N) is 1. The molecule has 1 aromatic carbocycles. The second-order valence-electron chi connectivity index (χ2n) is 5.71. The first-order chi connectivity index (χ1) is 9.70. The molecule has 3 aliphatic rings. The second kappa shape index (κ2) is 7.42. The quantitative estimate of drug-likeness (QED) is 0.456. The van der Waals surface area contributed by atoms with Crippen LogP contribution in [0.15, 0.2) is 29.3 Å². The molecule has 0 amide bonds. The number of nitrogens with zero attached hydrogens (tertiary/aromatic N) is 3. The number of fused-ring (bicyclic) bond motifs is 3. The van der Waals surface area contributed by atoms with E-state index in [0.29, 0.717) is 12.0 Å². The van der Waals surface area contributed by atoms with E-state index in [2.05, 4.69) is 39.2 Å². The molecule has 0 aromatic heterocycles. The van der Waals surface area contributed by atoms with Crippen LogP contribution in [-0.4, -0.2) is 61.1 Å². The first-order valence-corrected chi connectivity index (χ1v) is 7.31. The molecule has 3 saturated heterocycles. The summed E-state index contributed by atoms with van der Waals surface area (Å²) in [7, 11) is 0. The minimum absolute atomic E-state index is 0. The van der Waals surface area contributed by atoms with Gasteiger partial charge in [0.05, 0.1) is 6.54 Å². The van der Waals surface area contributed by atoms with Crippen molar-refractivity contribution < 1.29 is 0 Å². The fraction of sp³-hybridized carbons (Fsp3) is 0.533. The maximum atomic E-state index is 5.97. The van der Waals surface area contributed by atoms with Crippen LogP contribution in [0.1, 0.15) is 5.56 Å². The van der Waals surface area contributed by atoms with Crippen LogP contribution in [0, 0.1) is 6.92 Å². The van der Waals surface area contributed by atoms with Crippen LogP contribution in [0.25, 0.3) is 0 Å². The van der Waals surface area contributed by atoms with E-state index in [0.717, 1.165) is 18.8 Å². The third-order valence-electron chi connectivity index (χ3n) is 4.19. The Balaban J connectivity index is 0.00000161. The normalized spacial score (nSPS) is 28.0. The summed E-state index contributed by atoms with van der Waals surface area (Å²) >= 11 is 0. The van der Waals surface area contributed by atoms with Crippen molar-refractivity contribution >= 4 is 35.6 Å². The molecule has 0 radical (unpaired) electrons. The highest BCUT2D eigenvalue weighted by Gasteiger charge is 2.31. The SMILES string of the molecule is Cc1ccc(NC(N)=NCC2CN3CCN2CC3)cc1.I. The number of piperazine rings is 3. The zero-order valence-corrected chi connectivity index (χ0v) is 14.8. The lowest BCUT2D eigenvalue weighted by Gasteiger charge is -2.47. The van der Waals surface area contributed by atoms with Crippen LogP contribution in [0.5, 0.6) is 0 Å². The summed E-state index contributed by atoms with van der Waals surface area (Å²) < 4.78 is 0. The van der Waals surface area contributed by atoms with Crippen molar-refractivity contribution in [3.05, 3.63) is 29.8 Å². The Morgan fingerprint density at radius 3 is 2.48 bits per heavy atom. The molecule has 2 bridgehead atoms. The molecule has 5 nitrogen and oxygen atoms in total. The van der Waals surface area contributed by atoms with E-state index in [4.69, 9.17) is 5.73 Å². The topological polar surface area (TPSA) is 56.9 Å². The van der Waals surface area contributed by atoms with E-state index in [1.165, 1.54) is 31.7 Å². The Morgan fingerprint density at radius 1 is 1.24 bits per heavy atom. The predicted octanol–water partition coefficient (Wildman–Crippen LogP) is 1.34. The zero-order chi connectivity index (χ0) is 13.9. The molecule has 1 unspecified atom stereocenters. The maximum Gasteiger partial charge on any atom is 0.193 e. The highest BCUT2D eigenvalue weighted by atomic mass is 127. The van der Waals surface area contributed by atoms with Gasteiger partial charge in [-0.25, -0.2) is 0 Å². The molecule has 0 saturated carbocycles. The van der Waals surface area contributed by atoms with Crippen molar-refractivity contribution in [1.29, 1.82) is 0 Å². The van der Waals surface area contributed by atoms with Crippen LogP contribution in [0.3, 0.4) is 0 Å². The third-order valence-corrected chi connectivity index (χ3v) is 4.19. The van der Waals surface area contributed by atoms with Crippen LogP contribution in [0.4, 0.5) is 5.69 Å². The minimum atomic E-state index is 0. The van der Waals surface area contributed by atoms with Gasteiger partial charge in [-0.1, -0.05) is 17.7 Å². The van der Waals surface area contributed by atoms with Crippen molar-refractivity contribution in [2.75, 3.05) is 44.6 Å². The number of hydrogen-bond acceptors (Lipinski definition) is 3. The van der Waals surface area contributed by atoms with Crippen molar-refractivity contribution in [1.82, 2.24) is 9.80 Å². The largest absolute Gasteiger partial charge is 0.370 e. The van der Waals surface area contributed by atoms with Gasteiger partial charge < -0.3 is 11.1 Å². The second-order valence-corrected chi connectivity index (χ2v) is 5.71. The van der Waals surface area contributed by atoms with Crippen LogP contribution in [0.2, 0.25) is 0 Å². The van der Waals surface area contributed by atoms with Crippen molar-refractivity contribution in [3.63, 3.8) is 0 Å². The molecule has 4 rings (SSSR count). The van der Waals surface area contributed by atoms with E-state index < -0.39 is 0 Å². The van der Waals surface area contributed by atoms with E-state index >= 15 is 0 Å². The standard InChI is InChI=1S/C15H23N5.HI/c1-12-2-4-13(5-3-12)18-15(16)17-10-14-11-19-6-8-20(14)9-7-19;/h2-5,14H,6-11H2,1H3,(H3,16,17,18);1H. The molecule has 3 heterocycles. The summed E-state index contributed by atoms with van der Waals surface area (Å²) in [5, 5.41) is 3.15. The average molecular weight is 401 g/mol. The summed E-state index contributed by atoms with van der Waals surface area (Å²) in [6, 6.07) is 8.70. The fourth-order valence-corrected chi connectivity index (χ4v) is 2.93. The van der Waals surface area contributed by atoms with Gasteiger partial charge in [0.2, 0.25) is 0 Å². The summed E-state index contributed by atoms with van der Waals surface area (Å²) in [6.45, 7) is 8.73. The van der Waals surface area contributed by atoms with Gasteiger partial charge in [0, 0.05) is 44.5 Å². The number of anilines is 1. The molecule has 3 fully saturated rings. The molecule has 3 aliphatic heterocycles. The van der Waals surface area contributed by atoms with Gasteiger partial charge in [0.25, 0.3) is 0 Å². The first kappa shape index (κ1) is 16.5. The number of rotatable bonds is 3. The molecular weight excluding hydrogens is 377 g/mol. The van der Waals surface area contributed by atoms with Crippen LogP contribution >= 0.6 is 24.0 Å². The number of guanidine groups is 1. The minimum Gasteiger partial charge on any atom is -0.370 e. The molecule has 1 atom stereocenters. The third kappa shape index (κ3) is 4.31. The molecule has 0 spiro atoms. The lowest BCUT2D eigenvalue weighted by Crippen LogP contribution is -2.61. The summed E-state index contributed by atoms with van der Waals surface area (Å²) in [4.78, 5) is 9.55. The summed E-state index contributed by atoms with van der Waals surface area (Å²) in [5.41, 5.74) is 8.20. The van der Waals surface area contributed by atoms with Crippen LogP contribution < -0.4 is 11.1 Å². The van der Waals surface area contributed by atoms with Crippen LogP contribution in [-0.2, 0) is 0 Å². The number of aliphatic imine (C=N–C) groups is 1. The molecule has 1 aromatic rings. The van der Waals surface area contributed by atoms with Gasteiger partial charge in [0.15, 0.2) is 5.96 Å². The molecule has 0 aliphatic carbocycles. The van der Waals surface area contributed by atoms with Crippen molar-refractivity contribution in [2.24, 2.45) is 10.7 Å². The molecule has 21 heavy (non-hydrogen) atoms. The number of aryl methyl sites for hydroxylation is 1. The number of benzene rings is 1. The van der Waals surface area contributed by atoms with E-state index in [1.54, 1.807) is 0 Å². The number of halogens is 1. The Kier molecular flexibility index (Phi) is 5.83. The van der Waals surface area contributed by atoms with E-state index in [-0.39, 0.29) is 24.0 Å². The van der Waals surface area contributed by atoms with Crippen molar-refractivity contribution in [3.8, 4) is 0 Å². The van der Waals surface area contributed by atoms with Gasteiger partial charge in [-0.05, 0) is 19.1 Å². The number of hydrogen-bond donors (Lipinski definition) is 2. The van der Waals surface area contributed by atoms with Gasteiger partial charge >= 0.3 is 0 Å². The molecule has 6 heteroatoms. The highest BCUT2D eigenvalue weighted by Crippen LogP contribution is 2.15. The lowest BCUT2D eigenvalue weighted by atomic mass is 10.1. The smallest absolute Gasteiger partial charge is 0.193 e. The maximum absolute atomic E-state index is 5.97. The van der Waals surface area contributed by atoms with Gasteiger partial charge in [0.1, 0.15) is 0 Å². The summed E-state index contributed by atoms with van der Waals surface area (Å²) in [6.07, 6.45) is 0. The summed E-state index contributed by atoms with van der Waals surface area (Å²) in [5.74, 6) is 0.506. The molecular formula is C15H24IN5.